The molecule has 2 heterocycles. The van der Waals surface area contributed by atoms with Crippen LogP contribution < -0.4 is 0 Å². The van der Waals surface area contributed by atoms with E-state index < -0.39 is 5.97 Å². The second-order valence-electron chi connectivity index (χ2n) is 5.66. The Kier molecular flexibility index (Phi) is 3.85. The number of hydrogen-bond donors (Lipinski definition) is 0. The lowest BCUT2D eigenvalue weighted by molar-refractivity contribution is 0.0471. The summed E-state index contributed by atoms with van der Waals surface area (Å²) in [5.74, 6) is 0.0668. The zero-order chi connectivity index (χ0) is 17.2. The number of ether oxygens (including phenoxy) is 1. The van der Waals surface area contributed by atoms with Crippen molar-refractivity contribution >= 4 is 22.5 Å². The molecule has 0 spiro atoms. The second kappa shape index (κ2) is 6.32. The number of aromatic nitrogens is 4. The van der Waals surface area contributed by atoms with Gasteiger partial charge in [0.05, 0.1) is 11.3 Å². The van der Waals surface area contributed by atoms with Crippen molar-refractivity contribution in [2.24, 2.45) is 0 Å². The van der Waals surface area contributed by atoms with E-state index >= 15 is 0 Å². The van der Waals surface area contributed by atoms with E-state index in [9.17, 15) is 4.79 Å². The molecule has 0 aliphatic carbocycles. The van der Waals surface area contributed by atoms with Crippen LogP contribution in [0.1, 0.15) is 28.5 Å². The van der Waals surface area contributed by atoms with Crippen LogP contribution in [-0.2, 0) is 17.8 Å². The van der Waals surface area contributed by atoms with Crippen LogP contribution in [0, 0.1) is 0 Å². The third-order valence-corrected chi connectivity index (χ3v) is 4.20. The van der Waals surface area contributed by atoms with Crippen molar-refractivity contribution in [3.63, 3.8) is 0 Å². The predicted molar refractivity (Wildman–Crippen MR) is 93.2 cm³/mol. The van der Waals surface area contributed by atoms with Crippen molar-refractivity contribution in [3.8, 4) is 0 Å². The van der Waals surface area contributed by atoms with Gasteiger partial charge in [-0.05, 0) is 22.8 Å². The van der Waals surface area contributed by atoms with E-state index in [4.69, 9.17) is 4.74 Å². The van der Waals surface area contributed by atoms with Crippen molar-refractivity contribution in [2.75, 3.05) is 0 Å². The fraction of sp³-hybridized carbons (Fsp3) is 0.158. The molecule has 0 N–H and O–H groups in total. The number of aryl methyl sites for hydroxylation is 1. The maximum Gasteiger partial charge on any atom is 0.341 e. The normalized spacial score (nSPS) is 11.1. The van der Waals surface area contributed by atoms with E-state index in [2.05, 4.69) is 15.1 Å². The molecule has 0 radical (unpaired) electrons. The van der Waals surface area contributed by atoms with Gasteiger partial charge in [-0.15, -0.1) is 0 Å². The molecule has 0 fully saturated rings. The van der Waals surface area contributed by atoms with Crippen LogP contribution in [0.3, 0.4) is 0 Å². The largest absolute Gasteiger partial charge is 0.457 e. The lowest BCUT2D eigenvalue weighted by Crippen LogP contribution is -2.13. The van der Waals surface area contributed by atoms with Gasteiger partial charge >= 0.3 is 5.97 Å². The molecular weight excluding hydrogens is 316 g/mol. The number of esters is 1. The lowest BCUT2D eigenvalue weighted by Gasteiger charge is -2.10. The Labute approximate surface area is 144 Å². The minimum Gasteiger partial charge on any atom is -0.457 e. The predicted octanol–water partition coefficient (Wildman–Crippen LogP) is 3.20. The molecule has 0 amide bonds. The van der Waals surface area contributed by atoms with Crippen LogP contribution >= 0.6 is 0 Å². The molecule has 0 atom stereocenters. The summed E-state index contributed by atoms with van der Waals surface area (Å²) in [4.78, 5) is 20.8. The number of rotatable bonds is 4. The number of carbonyl (C=O) groups excluding carboxylic acids is 1. The van der Waals surface area contributed by atoms with E-state index in [1.807, 2.05) is 49.4 Å². The quantitative estimate of drug-likeness (QED) is 0.537. The first-order valence-corrected chi connectivity index (χ1v) is 8.09. The van der Waals surface area contributed by atoms with E-state index in [0.717, 1.165) is 22.0 Å². The average Bonchev–Trinajstić information content (AvgIpc) is 3.14. The number of fused-ring (bicyclic) bond motifs is 2. The van der Waals surface area contributed by atoms with E-state index in [1.165, 1.54) is 12.5 Å². The molecule has 124 valence electrons. The number of nitrogens with zero attached hydrogens (tertiary/aromatic N) is 4. The minimum absolute atomic E-state index is 0.207. The Morgan fingerprint density at radius 2 is 1.96 bits per heavy atom. The van der Waals surface area contributed by atoms with Gasteiger partial charge < -0.3 is 4.74 Å². The summed E-state index contributed by atoms with van der Waals surface area (Å²) in [6.45, 7) is 2.16. The molecule has 2 aromatic heterocycles. The third-order valence-electron chi connectivity index (χ3n) is 4.20. The standard InChI is InChI=1S/C19H16N4O2/c1-2-17-16(10-20-19-21-12-22-23(17)19)18(24)25-11-14-8-5-7-13-6-3-4-9-15(13)14/h3-10,12H,2,11H2,1H3. The molecule has 6 nitrogen and oxygen atoms in total. The molecule has 25 heavy (non-hydrogen) atoms. The fourth-order valence-electron chi connectivity index (χ4n) is 2.97. The molecule has 0 bridgehead atoms. The summed E-state index contributed by atoms with van der Waals surface area (Å²) in [6, 6.07) is 14.0. The highest BCUT2D eigenvalue weighted by molar-refractivity contribution is 5.91. The molecule has 4 rings (SSSR count). The number of benzene rings is 2. The molecule has 0 unspecified atom stereocenters. The first kappa shape index (κ1) is 15.3. The monoisotopic (exact) mass is 332 g/mol. The van der Waals surface area contributed by atoms with Crippen molar-refractivity contribution in [2.45, 2.75) is 20.0 Å². The Morgan fingerprint density at radius 3 is 2.84 bits per heavy atom. The van der Waals surface area contributed by atoms with Crippen LogP contribution in [0.2, 0.25) is 0 Å². The molecule has 4 aromatic rings. The van der Waals surface area contributed by atoms with Crippen molar-refractivity contribution in [1.29, 1.82) is 0 Å². The van der Waals surface area contributed by atoms with Crippen LogP contribution in [-0.4, -0.2) is 25.6 Å². The van der Waals surface area contributed by atoms with Gasteiger partial charge in [0.1, 0.15) is 12.9 Å². The van der Waals surface area contributed by atoms with E-state index in [1.54, 1.807) is 4.52 Å². The average molecular weight is 332 g/mol. The number of hydrogen-bond acceptors (Lipinski definition) is 5. The highest BCUT2D eigenvalue weighted by Gasteiger charge is 2.17. The van der Waals surface area contributed by atoms with Gasteiger partial charge in [-0.3, -0.25) is 0 Å². The summed E-state index contributed by atoms with van der Waals surface area (Å²) >= 11 is 0. The van der Waals surface area contributed by atoms with Gasteiger partial charge in [0.25, 0.3) is 5.78 Å². The maximum atomic E-state index is 12.6. The van der Waals surface area contributed by atoms with E-state index in [-0.39, 0.29) is 6.61 Å². The van der Waals surface area contributed by atoms with Crippen LogP contribution in [0.15, 0.2) is 55.0 Å². The van der Waals surface area contributed by atoms with E-state index in [0.29, 0.717) is 17.8 Å². The Bertz CT molecular complexity index is 1070. The molecule has 0 saturated carbocycles. The van der Waals surface area contributed by atoms with Gasteiger partial charge in [-0.1, -0.05) is 49.4 Å². The minimum atomic E-state index is -0.408. The first-order chi connectivity index (χ1) is 12.3. The molecule has 6 heteroatoms. The smallest absolute Gasteiger partial charge is 0.341 e. The van der Waals surface area contributed by atoms with Gasteiger partial charge in [-0.25, -0.2) is 14.3 Å². The molecule has 2 aromatic carbocycles. The maximum absolute atomic E-state index is 12.6. The third kappa shape index (κ3) is 2.71. The summed E-state index contributed by atoms with van der Waals surface area (Å²) in [7, 11) is 0. The lowest BCUT2D eigenvalue weighted by atomic mass is 10.1. The molecular formula is C19H16N4O2. The summed E-state index contributed by atoms with van der Waals surface area (Å²) in [5, 5.41) is 6.33. The zero-order valence-corrected chi connectivity index (χ0v) is 13.7. The Morgan fingerprint density at radius 1 is 1.12 bits per heavy atom. The van der Waals surface area contributed by atoms with Crippen LogP contribution in [0.4, 0.5) is 0 Å². The fourth-order valence-corrected chi connectivity index (χ4v) is 2.97. The van der Waals surface area contributed by atoms with Crippen molar-refractivity contribution < 1.29 is 9.53 Å². The molecule has 0 saturated heterocycles. The molecule has 0 aliphatic heterocycles. The second-order valence-corrected chi connectivity index (χ2v) is 5.66. The summed E-state index contributed by atoms with van der Waals surface area (Å²) < 4.78 is 7.13. The summed E-state index contributed by atoms with van der Waals surface area (Å²) in [6.07, 6.45) is 3.56. The Balaban J connectivity index is 1.62. The van der Waals surface area contributed by atoms with Crippen molar-refractivity contribution in [1.82, 2.24) is 19.6 Å². The van der Waals surface area contributed by atoms with Crippen LogP contribution in [0.25, 0.3) is 16.6 Å². The Hall–Kier alpha value is -3.28. The van der Waals surface area contributed by atoms with Gasteiger partial charge in [0.2, 0.25) is 0 Å². The topological polar surface area (TPSA) is 69.4 Å². The van der Waals surface area contributed by atoms with Gasteiger partial charge in [-0.2, -0.15) is 10.1 Å². The van der Waals surface area contributed by atoms with Crippen molar-refractivity contribution in [3.05, 3.63) is 71.8 Å². The first-order valence-electron chi connectivity index (χ1n) is 8.09. The summed E-state index contributed by atoms with van der Waals surface area (Å²) in [5.41, 5.74) is 2.13. The van der Waals surface area contributed by atoms with Gasteiger partial charge in [0.15, 0.2) is 0 Å². The van der Waals surface area contributed by atoms with Gasteiger partial charge in [0, 0.05) is 6.20 Å². The molecule has 0 aliphatic rings. The van der Waals surface area contributed by atoms with Crippen LogP contribution in [0.5, 0.6) is 0 Å². The highest BCUT2D eigenvalue weighted by Crippen LogP contribution is 2.20. The SMILES string of the molecule is CCc1c(C(=O)OCc2cccc3ccccc23)cnc2ncnn12. The number of carbonyl (C=O) groups is 1. The highest BCUT2D eigenvalue weighted by atomic mass is 16.5. The zero-order valence-electron chi connectivity index (χ0n) is 13.7.